The molecule has 0 saturated carbocycles. The molecule has 0 fully saturated rings. The van der Waals surface area contributed by atoms with E-state index in [9.17, 15) is 0 Å². The second-order valence-corrected chi connectivity index (χ2v) is 0.856. The van der Waals surface area contributed by atoms with Crippen LogP contribution in [0, 0.1) is 0 Å². The van der Waals surface area contributed by atoms with Gasteiger partial charge in [0.05, 0.1) is 0 Å². The van der Waals surface area contributed by atoms with Gasteiger partial charge >= 0.3 is 17.1 Å². The first kappa shape index (κ1) is 9.70. The summed E-state index contributed by atoms with van der Waals surface area (Å²) in [5, 5.41) is 3.97. The summed E-state index contributed by atoms with van der Waals surface area (Å²) in [5.74, 6) is 0. The van der Waals surface area contributed by atoms with Crippen LogP contribution < -0.4 is 0 Å². The summed E-state index contributed by atoms with van der Waals surface area (Å²) >= 11 is 0. The van der Waals surface area contributed by atoms with Gasteiger partial charge in [0, 0.05) is 0 Å². The Morgan fingerprint density at radius 3 is 1.50 bits per heavy atom. The molecule has 0 heterocycles. The van der Waals surface area contributed by atoms with Crippen molar-refractivity contribution in [2.45, 2.75) is 13.8 Å². The van der Waals surface area contributed by atoms with Crippen molar-refractivity contribution in [3.63, 3.8) is 0 Å². The van der Waals surface area contributed by atoms with Gasteiger partial charge in [-0.2, -0.15) is 13.1 Å². The Morgan fingerprint density at radius 2 is 1.50 bits per heavy atom. The number of nitrogens with zero attached hydrogens (tertiary/aromatic N) is 1. The maximum atomic E-state index is 3.97. The van der Waals surface area contributed by atoms with Crippen molar-refractivity contribution in [1.29, 1.82) is 0 Å². The Morgan fingerprint density at radius 1 is 1.17 bits per heavy atom. The van der Waals surface area contributed by atoms with Gasteiger partial charge in [0.25, 0.3) is 0 Å². The van der Waals surface area contributed by atoms with Crippen molar-refractivity contribution < 1.29 is 17.1 Å². The Bertz CT molecular complexity index is 15.0. The molecule has 0 aromatic heterocycles. The first-order chi connectivity index (χ1) is 2.41. The molecule has 6 heavy (non-hydrogen) atoms. The summed E-state index contributed by atoms with van der Waals surface area (Å²) in [5.41, 5.74) is 0. The zero-order valence-corrected chi connectivity index (χ0v) is 5.10. The molecule has 0 aliphatic heterocycles. The summed E-state index contributed by atoms with van der Waals surface area (Å²) in [6.45, 7) is 6.03. The summed E-state index contributed by atoms with van der Waals surface area (Å²) < 4.78 is 0. The molecule has 0 rings (SSSR count). The molecule has 2 heteroatoms. The van der Waals surface area contributed by atoms with E-state index in [4.69, 9.17) is 0 Å². The molecule has 0 saturated heterocycles. The number of hydrogen-bond donors (Lipinski definition) is 0. The summed E-state index contributed by atoms with van der Waals surface area (Å²) in [6.07, 6.45) is 0. The van der Waals surface area contributed by atoms with Gasteiger partial charge in [-0.1, -0.05) is 13.8 Å². The van der Waals surface area contributed by atoms with Crippen LogP contribution in [0.25, 0.3) is 5.32 Å². The quantitative estimate of drug-likeness (QED) is 0.509. The van der Waals surface area contributed by atoms with Gasteiger partial charge in [0.2, 0.25) is 0 Å². The normalized spacial score (nSPS) is 7.00. The van der Waals surface area contributed by atoms with Crippen molar-refractivity contribution in [2.75, 3.05) is 13.1 Å². The van der Waals surface area contributed by atoms with Crippen LogP contribution in [0.3, 0.4) is 0 Å². The molecule has 0 atom stereocenters. The van der Waals surface area contributed by atoms with E-state index in [1.807, 2.05) is 13.8 Å². The molecule has 0 amide bonds. The Hall–Kier alpha value is 0.479. The van der Waals surface area contributed by atoms with Gasteiger partial charge in [-0.15, -0.1) is 0 Å². The van der Waals surface area contributed by atoms with Crippen LogP contribution >= 0.6 is 0 Å². The molecule has 0 N–H and O–H groups in total. The zero-order valence-electron chi connectivity index (χ0n) is 4.16. The molecule has 0 aromatic carbocycles. The molecule has 1 nitrogen and oxygen atoms in total. The van der Waals surface area contributed by atoms with Gasteiger partial charge in [0.1, 0.15) is 0 Å². The molecule has 0 unspecified atom stereocenters. The van der Waals surface area contributed by atoms with Crippen LogP contribution in [0.5, 0.6) is 0 Å². The van der Waals surface area contributed by atoms with E-state index in [1.165, 1.54) is 0 Å². The molecule has 42 valence electrons. The minimum absolute atomic E-state index is 0. The van der Waals surface area contributed by atoms with E-state index >= 15 is 0 Å². The summed E-state index contributed by atoms with van der Waals surface area (Å²) in [4.78, 5) is 0. The van der Waals surface area contributed by atoms with Crippen molar-refractivity contribution in [3.05, 3.63) is 5.32 Å². The maximum Gasteiger partial charge on any atom is 1.00 e. The molecule has 0 aromatic rings. The van der Waals surface area contributed by atoms with E-state index in [0.717, 1.165) is 13.1 Å². The average molecular weight is 136 g/mol. The second kappa shape index (κ2) is 9.08. The van der Waals surface area contributed by atoms with Crippen LogP contribution in [0.1, 0.15) is 13.8 Å². The minimum atomic E-state index is 0. The molecule has 0 aliphatic carbocycles. The Balaban J connectivity index is 0. The van der Waals surface area contributed by atoms with E-state index in [0.29, 0.717) is 0 Å². The average Bonchev–Trinajstić information content (AvgIpc) is 1.41. The van der Waals surface area contributed by atoms with Crippen LogP contribution in [-0.2, 0) is 17.1 Å². The monoisotopic (exact) mass is 135 g/mol. The smallest absolute Gasteiger partial charge is 0.663 e. The third kappa shape index (κ3) is 8.82. The SMILES string of the molecule is CC[N-]CC.[Cu+]. The molecule has 0 spiro atoms. The van der Waals surface area contributed by atoms with Crippen molar-refractivity contribution >= 4 is 0 Å². The topological polar surface area (TPSA) is 14.1 Å². The fraction of sp³-hybridized carbons (Fsp3) is 1.00. The molecule has 0 bridgehead atoms. The minimum Gasteiger partial charge on any atom is -0.663 e. The van der Waals surface area contributed by atoms with Crippen molar-refractivity contribution in [3.8, 4) is 0 Å². The van der Waals surface area contributed by atoms with E-state index in [1.54, 1.807) is 0 Å². The van der Waals surface area contributed by atoms with Crippen molar-refractivity contribution in [1.82, 2.24) is 0 Å². The number of hydrogen-bond acceptors (Lipinski definition) is 0. The fourth-order valence-corrected chi connectivity index (χ4v) is 0.224. The van der Waals surface area contributed by atoms with E-state index in [-0.39, 0.29) is 17.1 Å². The zero-order chi connectivity index (χ0) is 4.12. The second-order valence-electron chi connectivity index (χ2n) is 0.856. The first-order valence-corrected chi connectivity index (χ1v) is 2.05. The van der Waals surface area contributed by atoms with Gasteiger partial charge < -0.3 is 5.32 Å². The Labute approximate surface area is 50.0 Å². The maximum absolute atomic E-state index is 3.97. The van der Waals surface area contributed by atoms with Gasteiger partial charge in [-0.05, 0) is 0 Å². The summed E-state index contributed by atoms with van der Waals surface area (Å²) in [6, 6.07) is 0. The third-order valence-electron chi connectivity index (χ3n) is 0.447. The van der Waals surface area contributed by atoms with Gasteiger partial charge in [-0.3, -0.25) is 0 Å². The van der Waals surface area contributed by atoms with E-state index in [2.05, 4.69) is 5.32 Å². The standard InChI is InChI=1S/C4H10N.Cu/c1-3-5-4-2;/h3-4H2,1-2H3;/q-1;+1. The first-order valence-electron chi connectivity index (χ1n) is 2.05. The third-order valence-corrected chi connectivity index (χ3v) is 0.447. The largest absolute Gasteiger partial charge is 1.00 e. The fourth-order valence-electron chi connectivity index (χ4n) is 0.224. The molecule has 0 aliphatic rings. The molecular formula is C4H10CuN. The van der Waals surface area contributed by atoms with Crippen LogP contribution in [0.2, 0.25) is 0 Å². The predicted octanol–water partition coefficient (Wildman–Crippen LogP) is 1.40. The van der Waals surface area contributed by atoms with E-state index < -0.39 is 0 Å². The van der Waals surface area contributed by atoms with Crippen LogP contribution in [0.15, 0.2) is 0 Å². The molecular weight excluding hydrogens is 126 g/mol. The number of rotatable bonds is 2. The molecule has 0 radical (unpaired) electrons. The van der Waals surface area contributed by atoms with Crippen LogP contribution in [-0.4, -0.2) is 13.1 Å². The van der Waals surface area contributed by atoms with Crippen molar-refractivity contribution in [2.24, 2.45) is 0 Å². The van der Waals surface area contributed by atoms with Gasteiger partial charge in [0.15, 0.2) is 0 Å². The van der Waals surface area contributed by atoms with Gasteiger partial charge in [-0.25, -0.2) is 0 Å². The Kier molecular flexibility index (Phi) is 14.7. The van der Waals surface area contributed by atoms with Crippen LogP contribution in [0.4, 0.5) is 0 Å². The predicted molar refractivity (Wildman–Crippen MR) is 24.4 cm³/mol. The summed E-state index contributed by atoms with van der Waals surface area (Å²) in [7, 11) is 0.